The molecule has 1 aromatic rings. The number of aryl methyl sites for hydroxylation is 1. The second-order valence-corrected chi connectivity index (χ2v) is 12.3. The lowest BCUT2D eigenvalue weighted by Gasteiger charge is -2.61. The molecule has 4 fully saturated rings. The fraction of sp³-hybridized carbons (Fsp3) is 0.700. The van der Waals surface area contributed by atoms with Gasteiger partial charge in [0.15, 0.2) is 0 Å². The molecule has 4 aliphatic rings. The topological polar surface area (TPSA) is 37.3 Å². The van der Waals surface area contributed by atoms with Gasteiger partial charge in [0.05, 0.1) is 0 Å². The van der Waals surface area contributed by atoms with Crippen molar-refractivity contribution in [2.45, 2.75) is 91.1 Å². The van der Waals surface area contributed by atoms with Gasteiger partial charge in [-0.2, -0.15) is 0 Å². The number of Topliss-reactive ketones (excluding diaryl/α,β-unsaturated/α-hetero) is 1. The number of benzene rings is 1. The summed E-state index contributed by atoms with van der Waals surface area (Å²) in [5, 5.41) is 11.4. The van der Waals surface area contributed by atoms with Crippen molar-refractivity contribution < 1.29 is 9.90 Å². The molecule has 3 unspecified atom stereocenters. The zero-order chi connectivity index (χ0) is 22.7. The SMILES string of the molecule is CC(=O)[C@H]1CCC2C3CC[C@@H]4C[C@@](O)(C#Cc5ccc(C)cc5)CC[C@]4(C)C3CC[C@@]21C. The second-order valence-electron chi connectivity index (χ2n) is 12.3. The van der Waals surface area contributed by atoms with Crippen molar-refractivity contribution in [3.8, 4) is 11.8 Å². The van der Waals surface area contributed by atoms with E-state index in [2.05, 4.69) is 56.9 Å². The third-order valence-corrected chi connectivity index (χ3v) is 10.7. The zero-order valence-electron chi connectivity index (χ0n) is 20.4. The van der Waals surface area contributed by atoms with Crippen LogP contribution in [0.15, 0.2) is 24.3 Å². The van der Waals surface area contributed by atoms with Gasteiger partial charge < -0.3 is 5.11 Å². The van der Waals surface area contributed by atoms with Gasteiger partial charge in [-0.1, -0.05) is 43.4 Å². The summed E-state index contributed by atoms with van der Waals surface area (Å²) in [6, 6.07) is 8.28. The van der Waals surface area contributed by atoms with Crippen LogP contribution < -0.4 is 0 Å². The van der Waals surface area contributed by atoms with E-state index in [0.29, 0.717) is 17.1 Å². The number of hydrogen-bond acceptors (Lipinski definition) is 2. The van der Waals surface area contributed by atoms with E-state index in [0.717, 1.165) is 49.0 Å². The minimum Gasteiger partial charge on any atom is -0.378 e. The van der Waals surface area contributed by atoms with Crippen LogP contribution in [-0.2, 0) is 4.79 Å². The van der Waals surface area contributed by atoms with Crippen LogP contribution >= 0.6 is 0 Å². The number of aliphatic hydroxyl groups is 1. The molecule has 0 bridgehead atoms. The Kier molecular flexibility index (Phi) is 5.37. The third-order valence-electron chi connectivity index (χ3n) is 10.7. The molecule has 1 N–H and O–H groups in total. The molecule has 5 rings (SSSR count). The van der Waals surface area contributed by atoms with Gasteiger partial charge in [0.2, 0.25) is 0 Å². The number of carbonyl (C=O) groups excluding carboxylic acids is 1. The molecule has 1 aromatic carbocycles. The molecule has 32 heavy (non-hydrogen) atoms. The monoisotopic (exact) mass is 432 g/mol. The highest BCUT2D eigenvalue weighted by Gasteiger charge is 2.61. The van der Waals surface area contributed by atoms with Gasteiger partial charge in [-0.15, -0.1) is 0 Å². The first-order chi connectivity index (χ1) is 15.1. The molecule has 0 aliphatic heterocycles. The number of rotatable bonds is 1. The van der Waals surface area contributed by atoms with E-state index in [1.807, 2.05) is 6.92 Å². The van der Waals surface area contributed by atoms with Crippen molar-refractivity contribution in [2.24, 2.45) is 40.4 Å². The normalized spacial score (nSPS) is 45.1. The Hall–Kier alpha value is -1.59. The van der Waals surface area contributed by atoms with E-state index in [1.165, 1.54) is 37.7 Å². The highest BCUT2D eigenvalue weighted by Crippen LogP contribution is 2.68. The third kappa shape index (κ3) is 3.47. The molecule has 0 radical (unpaired) electrons. The van der Waals surface area contributed by atoms with E-state index in [1.54, 1.807) is 0 Å². The van der Waals surface area contributed by atoms with E-state index in [4.69, 9.17) is 0 Å². The molecular formula is C30H40O2. The molecule has 4 aliphatic carbocycles. The fourth-order valence-electron chi connectivity index (χ4n) is 8.85. The average Bonchev–Trinajstić information content (AvgIpc) is 3.12. The van der Waals surface area contributed by atoms with E-state index >= 15 is 0 Å². The van der Waals surface area contributed by atoms with E-state index in [9.17, 15) is 9.90 Å². The standard InChI is InChI=1S/C30H40O2/c1-20-5-7-22(8-6-20)13-16-30(32)18-17-28(3)23(19-30)9-10-24-26-12-11-25(21(2)31)29(26,4)15-14-27(24)28/h5-8,23-27,32H,9-12,14-15,17-19H2,1-4H3/t23-,24?,25-,26?,27?,28+,29-,30-/m1/s1. The summed E-state index contributed by atoms with van der Waals surface area (Å²) in [5.41, 5.74) is 1.92. The summed E-state index contributed by atoms with van der Waals surface area (Å²) in [4.78, 5) is 12.4. The second kappa shape index (κ2) is 7.73. The maximum Gasteiger partial charge on any atom is 0.133 e. The Labute approximate surface area is 194 Å². The maximum atomic E-state index is 12.4. The molecule has 2 heteroatoms. The Morgan fingerprint density at radius 2 is 1.66 bits per heavy atom. The van der Waals surface area contributed by atoms with Gasteiger partial charge in [0, 0.05) is 11.5 Å². The van der Waals surface area contributed by atoms with Gasteiger partial charge >= 0.3 is 0 Å². The van der Waals surface area contributed by atoms with Gasteiger partial charge in [-0.3, -0.25) is 4.79 Å². The summed E-state index contributed by atoms with van der Waals surface area (Å²) < 4.78 is 0. The van der Waals surface area contributed by atoms with Gasteiger partial charge in [0.1, 0.15) is 11.4 Å². The molecule has 0 saturated heterocycles. The molecule has 8 atom stereocenters. The van der Waals surface area contributed by atoms with E-state index < -0.39 is 5.60 Å². The first-order valence-corrected chi connectivity index (χ1v) is 13.0. The summed E-state index contributed by atoms with van der Waals surface area (Å²) in [5.74, 6) is 10.0. The van der Waals surface area contributed by atoms with Gasteiger partial charge in [0.25, 0.3) is 0 Å². The highest BCUT2D eigenvalue weighted by atomic mass is 16.3. The van der Waals surface area contributed by atoms with Crippen LogP contribution in [-0.4, -0.2) is 16.5 Å². The molecule has 2 nitrogen and oxygen atoms in total. The minimum absolute atomic E-state index is 0.227. The lowest BCUT2D eigenvalue weighted by Crippen LogP contribution is -2.56. The summed E-state index contributed by atoms with van der Waals surface area (Å²) in [7, 11) is 0. The molecule has 172 valence electrons. The minimum atomic E-state index is -0.849. The number of hydrogen-bond donors (Lipinski definition) is 1. The lowest BCUT2D eigenvalue weighted by atomic mass is 9.44. The van der Waals surface area contributed by atoms with Crippen molar-refractivity contribution in [1.29, 1.82) is 0 Å². The Balaban J connectivity index is 1.34. The van der Waals surface area contributed by atoms with Crippen LogP contribution in [0.4, 0.5) is 0 Å². The van der Waals surface area contributed by atoms with Crippen LogP contribution in [0.1, 0.15) is 89.7 Å². The van der Waals surface area contributed by atoms with Crippen molar-refractivity contribution in [3.63, 3.8) is 0 Å². The predicted molar refractivity (Wildman–Crippen MR) is 129 cm³/mol. The first-order valence-electron chi connectivity index (χ1n) is 13.0. The first kappa shape index (κ1) is 22.2. The van der Waals surface area contributed by atoms with Crippen LogP contribution in [0, 0.1) is 59.2 Å². The quantitative estimate of drug-likeness (QED) is 0.527. The molecule has 0 spiro atoms. The van der Waals surface area contributed by atoms with Crippen molar-refractivity contribution >= 4 is 5.78 Å². The van der Waals surface area contributed by atoms with E-state index in [-0.39, 0.29) is 11.3 Å². The summed E-state index contributed by atoms with van der Waals surface area (Å²) >= 11 is 0. The van der Waals surface area contributed by atoms with Crippen molar-refractivity contribution in [3.05, 3.63) is 35.4 Å². The van der Waals surface area contributed by atoms with Crippen molar-refractivity contribution in [1.82, 2.24) is 0 Å². The molecule has 0 heterocycles. The number of carbonyl (C=O) groups is 1. The Bertz CT molecular complexity index is 951. The Morgan fingerprint density at radius 1 is 0.938 bits per heavy atom. The molecule has 0 aromatic heterocycles. The summed E-state index contributed by atoms with van der Waals surface area (Å²) in [6.45, 7) is 8.87. The van der Waals surface area contributed by atoms with Gasteiger partial charge in [-0.25, -0.2) is 0 Å². The smallest absolute Gasteiger partial charge is 0.133 e. The fourth-order valence-corrected chi connectivity index (χ4v) is 8.85. The largest absolute Gasteiger partial charge is 0.378 e. The van der Waals surface area contributed by atoms with Crippen molar-refractivity contribution in [2.75, 3.05) is 0 Å². The number of ketones is 1. The Morgan fingerprint density at radius 3 is 2.38 bits per heavy atom. The maximum absolute atomic E-state index is 12.4. The van der Waals surface area contributed by atoms with Crippen LogP contribution in [0.3, 0.4) is 0 Å². The summed E-state index contributed by atoms with van der Waals surface area (Å²) in [6.07, 6.45) is 10.0. The average molecular weight is 433 g/mol. The molecule has 0 amide bonds. The lowest BCUT2D eigenvalue weighted by molar-refractivity contribution is -0.144. The van der Waals surface area contributed by atoms with Gasteiger partial charge in [-0.05, 0) is 118 Å². The molecule has 4 saturated carbocycles. The van der Waals surface area contributed by atoms with Crippen LogP contribution in [0.5, 0.6) is 0 Å². The zero-order valence-corrected chi connectivity index (χ0v) is 20.4. The predicted octanol–water partition coefficient (Wildman–Crippen LogP) is 6.33. The van der Waals surface area contributed by atoms with Crippen LogP contribution in [0.25, 0.3) is 0 Å². The number of fused-ring (bicyclic) bond motifs is 5. The highest BCUT2D eigenvalue weighted by molar-refractivity contribution is 5.79. The van der Waals surface area contributed by atoms with Crippen LogP contribution in [0.2, 0.25) is 0 Å². The molecular weight excluding hydrogens is 392 g/mol.